The summed E-state index contributed by atoms with van der Waals surface area (Å²) < 4.78 is 30.8. The molecule has 0 bridgehead atoms. The van der Waals surface area contributed by atoms with E-state index in [2.05, 4.69) is 4.99 Å². The molecule has 1 saturated heterocycles. The van der Waals surface area contributed by atoms with Crippen molar-refractivity contribution in [2.75, 3.05) is 40.6 Å². The van der Waals surface area contributed by atoms with Gasteiger partial charge in [0.1, 0.15) is 23.7 Å². The van der Waals surface area contributed by atoms with Gasteiger partial charge >= 0.3 is 0 Å². The van der Waals surface area contributed by atoms with E-state index in [0.29, 0.717) is 32.0 Å². The first-order valence-corrected chi connectivity index (χ1v) is 9.62. The number of carbonyl (C=O) groups excluding carboxylic acids is 1. The van der Waals surface area contributed by atoms with Crippen LogP contribution in [0.2, 0.25) is 0 Å². The first-order chi connectivity index (χ1) is 13.5. The second kappa shape index (κ2) is 8.87. The quantitative estimate of drug-likeness (QED) is 0.774. The second-order valence-corrected chi connectivity index (χ2v) is 7.23. The molecule has 3 aliphatic rings. The lowest BCUT2D eigenvalue weighted by molar-refractivity contribution is -0.140. The van der Waals surface area contributed by atoms with Crippen LogP contribution in [0.25, 0.3) is 0 Å². The Kier molecular flexibility index (Phi) is 6.51. The van der Waals surface area contributed by atoms with Crippen LogP contribution in [0.15, 0.2) is 23.2 Å². The zero-order valence-electron chi connectivity index (χ0n) is 16.4. The maximum absolute atomic E-state index is 14.7. The number of benzene rings is 1. The SMILES string of the molecule is C1CC1.COCCOc1ccc(F)c(C23COCCC2C(=O)N(C)C(N)=N3)c1. The van der Waals surface area contributed by atoms with E-state index in [1.54, 1.807) is 20.2 Å². The molecule has 2 aliphatic heterocycles. The first kappa shape index (κ1) is 20.5. The van der Waals surface area contributed by atoms with Crippen LogP contribution in [-0.4, -0.2) is 57.4 Å². The third-order valence-corrected chi connectivity index (χ3v) is 5.05. The highest BCUT2D eigenvalue weighted by molar-refractivity contribution is 6.00. The lowest BCUT2D eigenvalue weighted by atomic mass is 9.74. The van der Waals surface area contributed by atoms with Crippen molar-refractivity contribution in [1.82, 2.24) is 4.90 Å². The van der Waals surface area contributed by atoms with Crippen LogP contribution >= 0.6 is 0 Å². The molecule has 2 N–H and O–H groups in total. The molecule has 2 fully saturated rings. The fourth-order valence-corrected chi connectivity index (χ4v) is 3.33. The topological polar surface area (TPSA) is 86.4 Å². The Morgan fingerprint density at radius 2 is 2.11 bits per heavy atom. The first-order valence-electron chi connectivity index (χ1n) is 9.62. The molecule has 1 amide bonds. The van der Waals surface area contributed by atoms with Crippen LogP contribution in [0.5, 0.6) is 5.75 Å². The molecular formula is C20H28FN3O4. The molecule has 0 spiro atoms. The summed E-state index contributed by atoms with van der Waals surface area (Å²) in [7, 11) is 3.14. The minimum Gasteiger partial charge on any atom is -0.491 e. The van der Waals surface area contributed by atoms with Crippen LogP contribution in [0.1, 0.15) is 31.2 Å². The highest BCUT2D eigenvalue weighted by Crippen LogP contribution is 2.44. The van der Waals surface area contributed by atoms with Gasteiger partial charge in [-0.05, 0) is 24.6 Å². The van der Waals surface area contributed by atoms with Crippen molar-refractivity contribution >= 4 is 11.9 Å². The molecule has 1 saturated carbocycles. The van der Waals surface area contributed by atoms with Crippen LogP contribution in [-0.2, 0) is 19.8 Å². The van der Waals surface area contributed by atoms with Gasteiger partial charge in [-0.15, -0.1) is 0 Å². The smallest absolute Gasteiger partial charge is 0.235 e. The number of hydrogen-bond donors (Lipinski definition) is 1. The predicted molar refractivity (Wildman–Crippen MR) is 103 cm³/mol. The normalized spacial score (nSPS) is 26.0. The monoisotopic (exact) mass is 393 g/mol. The lowest BCUT2D eigenvalue weighted by Crippen LogP contribution is -2.58. The summed E-state index contributed by atoms with van der Waals surface area (Å²) in [5, 5.41) is 0. The van der Waals surface area contributed by atoms with Crippen LogP contribution in [0.3, 0.4) is 0 Å². The molecule has 0 radical (unpaired) electrons. The van der Waals surface area contributed by atoms with E-state index in [4.69, 9.17) is 19.9 Å². The summed E-state index contributed by atoms with van der Waals surface area (Å²) >= 11 is 0. The highest BCUT2D eigenvalue weighted by Gasteiger charge is 2.52. The average Bonchev–Trinajstić information content (AvgIpc) is 3.57. The zero-order chi connectivity index (χ0) is 20.1. The number of fused-ring (bicyclic) bond motifs is 1. The number of hydrogen-bond acceptors (Lipinski definition) is 6. The van der Waals surface area contributed by atoms with E-state index >= 15 is 0 Å². The summed E-state index contributed by atoms with van der Waals surface area (Å²) in [4.78, 5) is 18.5. The standard InChI is InChI=1S/C17H22FN3O4.C3H6/c1-21-15(22)12-5-6-24-10-17(12,20-16(21)19)13-9-11(3-4-14(13)18)25-8-7-23-2;1-2-3-1/h3-4,9,12H,5-8,10H2,1-2H3,(H2,19,20);1-3H2. The zero-order valence-corrected chi connectivity index (χ0v) is 16.4. The van der Waals surface area contributed by atoms with Gasteiger partial charge in [0, 0.05) is 26.3 Å². The maximum atomic E-state index is 14.7. The van der Waals surface area contributed by atoms with E-state index in [9.17, 15) is 9.18 Å². The Balaban J connectivity index is 0.000000684. The summed E-state index contributed by atoms with van der Waals surface area (Å²) in [5.74, 6) is -0.643. The van der Waals surface area contributed by atoms with Gasteiger partial charge in [0.25, 0.3) is 0 Å². The van der Waals surface area contributed by atoms with Crippen molar-refractivity contribution in [3.63, 3.8) is 0 Å². The van der Waals surface area contributed by atoms with Crippen LogP contribution in [0.4, 0.5) is 4.39 Å². The van der Waals surface area contributed by atoms with Gasteiger partial charge in [-0.3, -0.25) is 9.69 Å². The van der Waals surface area contributed by atoms with Crippen molar-refractivity contribution < 1.29 is 23.4 Å². The molecule has 8 heteroatoms. The number of amides is 1. The number of methoxy groups -OCH3 is 1. The Hall–Kier alpha value is -2.19. The van der Waals surface area contributed by atoms with Crippen LogP contribution < -0.4 is 10.5 Å². The van der Waals surface area contributed by atoms with Gasteiger partial charge < -0.3 is 19.9 Å². The van der Waals surface area contributed by atoms with Gasteiger partial charge in [-0.2, -0.15) is 0 Å². The van der Waals surface area contributed by atoms with Crippen LogP contribution in [0, 0.1) is 11.7 Å². The molecule has 1 aromatic carbocycles. The van der Waals surface area contributed by atoms with Gasteiger partial charge in [-0.25, -0.2) is 9.38 Å². The fraction of sp³-hybridized carbons (Fsp3) is 0.600. The van der Waals surface area contributed by atoms with Crippen molar-refractivity contribution in [1.29, 1.82) is 0 Å². The minimum absolute atomic E-state index is 0.0526. The number of halogens is 1. The van der Waals surface area contributed by atoms with Crippen molar-refractivity contribution in [3.8, 4) is 5.75 Å². The van der Waals surface area contributed by atoms with Gasteiger partial charge in [-0.1, -0.05) is 19.3 Å². The van der Waals surface area contributed by atoms with E-state index in [0.717, 1.165) is 0 Å². The third-order valence-electron chi connectivity index (χ3n) is 5.05. The van der Waals surface area contributed by atoms with Gasteiger partial charge in [0.05, 0.1) is 19.1 Å². The average molecular weight is 393 g/mol. The number of rotatable bonds is 5. The summed E-state index contributed by atoms with van der Waals surface area (Å²) in [5.41, 5.74) is 5.00. The Morgan fingerprint density at radius 1 is 1.36 bits per heavy atom. The molecule has 4 rings (SSSR count). The van der Waals surface area contributed by atoms with Crippen molar-refractivity contribution in [3.05, 3.63) is 29.6 Å². The number of ether oxygens (including phenoxy) is 3. The Bertz CT molecular complexity index is 737. The molecule has 154 valence electrons. The lowest BCUT2D eigenvalue weighted by Gasteiger charge is -2.45. The number of nitrogens with zero attached hydrogens (tertiary/aromatic N) is 2. The summed E-state index contributed by atoms with van der Waals surface area (Å²) in [6.45, 7) is 1.27. The van der Waals surface area contributed by atoms with E-state index in [1.165, 1.54) is 36.3 Å². The minimum atomic E-state index is -1.17. The molecule has 0 aromatic heterocycles. The Labute approximate surface area is 164 Å². The summed E-state index contributed by atoms with van der Waals surface area (Å²) in [6, 6.07) is 4.42. The van der Waals surface area contributed by atoms with E-state index < -0.39 is 17.3 Å². The molecule has 2 heterocycles. The molecule has 7 nitrogen and oxygen atoms in total. The number of carbonyl (C=O) groups is 1. The number of aliphatic imine (C=N–C) groups is 1. The summed E-state index contributed by atoms with van der Waals surface area (Å²) in [6.07, 6.45) is 4.95. The number of guanidine groups is 1. The molecule has 2 atom stereocenters. The van der Waals surface area contributed by atoms with Crippen molar-refractivity contribution in [2.24, 2.45) is 16.6 Å². The molecule has 1 aromatic rings. The number of nitrogens with two attached hydrogens (primary N) is 1. The van der Waals surface area contributed by atoms with E-state index in [1.807, 2.05) is 0 Å². The molecule has 28 heavy (non-hydrogen) atoms. The largest absolute Gasteiger partial charge is 0.491 e. The van der Waals surface area contributed by atoms with Crippen molar-refractivity contribution in [2.45, 2.75) is 31.2 Å². The van der Waals surface area contributed by atoms with E-state index in [-0.39, 0.29) is 24.0 Å². The fourth-order valence-electron chi connectivity index (χ4n) is 3.33. The highest BCUT2D eigenvalue weighted by atomic mass is 19.1. The third kappa shape index (κ3) is 4.28. The molecular weight excluding hydrogens is 365 g/mol. The molecule has 1 aliphatic carbocycles. The maximum Gasteiger partial charge on any atom is 0.235 e. The second-order valence-electron chi connectivity index (χ2n) is 7.23. The predicted octanol–water partition coefficient (Wildman–Crippen LogP) is 2.04. The van der Waals surface area contributed by atoms with Gasteiger partial charge in [0.2, 0.25) is 5.91 Å². The van der Waals surface area contributed by atoms with Gasteiger partial charge in [0.15, 0.2) is 5.96 Å². The molecule has 2 unspecified atom stereocenters. The Morgan fingerprint density at radius 3 is 2.79 bits per heavy atom.